The van der Waals surface area contributed by atoms with Crippen LogP contribution < -0.4 is 5.32 Å². The Kier molecular flexibility index (Phi) is 3.41. The highest BCUT2D eigenvalue weighted by molar-refractivity contribution is 5.94. The summed E-state index contributed by atoms with van der Waals surface area (Å²) in [5, 5.41) is 2.46. The number of hydrogen-bond acceptors (Lipinski definition) is 2. The molecule has 0 spiro atoms. The Bertz CT molecular complexity index is 578. The van der Waals surface area contributed by atoms with Crippen molar-refractivity contribution >= 4 is 5.91 Å². The van der Waals surface area contributed by atoms with Gasteiger partial charge in [-0.3, -0.25) is 4.79 Å². The Morgan fingerprint density at radius 2 is 2.06 bits per heavy atom. The predicted molar refractivity (Wildman–Crippen MR) is 61.0 cm³/mol. The van der Waals surface area contributed by atoms with Crippen LogP contribution in [0.5, 0.6) is 0 Å². The summed E-state index contributed by atoms with van der Waals surface area (Å²) in [7, 11) is 0. The maximum Gasteiger partial charge on any atom is 0.254 e. The second kappa shape index (κ2) is 5.00. The molecule has 0 fully saturated rings. The first-order chi connectivity index (χ1) is 8.58. The van der Waals surface area contributed by atoms with E-state index in [4.69, 9.17) is 4.42 Å². The lowest BCUT2D eigenvalue weighted by molar-refractivity contribution is 0.0942. The van der Waals surface area contributed by atoms with Crippen molar-refractivity contribution in [2.24, 2.45) is 0 Å². The highest BCUT2D eigenvalue weighted by atomic mass is 19.2. The third-order valence-electron chi connectivity index (χ3n) is 2.42. The molecule has 2 rings (SSSR count). The molecule has 94 valence electrons. The summed E-state index contributed by atoms with van der Waals surface area (Å²) in [5.41, 5.74) is -0.321. The number of carbonyl (C=O) groups is 1. The number of halogens is 2. The molecule has 0 saturated heterocycles. The van der Waals surface area contributed by atoms with Crippen LogP contribution in [0.15, 0.2) is 34.7 Å². The molecule has 1 N–H and O–H groups in total. The molecule has 1 aromatic heterocycles. The van der Waals surface area contributed by atoms with Gasteiger partial charge in [0.1, 0.15) is 11.5 Å². The lowest BCUT2D eigenvalue weighted by Crippen LogP contribution is -2.23. The van der Waals surface area contributed by atoms with Crippen LogP contribution in [0.25, 0.3) is 0 Å². The number of furan rings is 1. The molecule has 0 bridgehead atoms. The summed E-state index contributed by atoms with van der Waals surface area (Å²) in [4.78, 5) is 11.6. The zero-order chi connectivity index (χ0) is 13.1. The quantitative estimate of drug-likeness (QED) is 0.911. The summed E-state index contributed by atoms with van der Waals surface area (Å²) in [6, 6.07) is 6.93. The topological polar surface area (TPSA) is 42.2 Å². The molecule has 0 aliphatic rings. The monoisotopic (exact) mass is 251 g/mol. The van der Waals surface area contributed by atoms with E-state index in [-0.39, 0.29) is 12.1 Å². The van der Waals surface area contributed by atoms with Crippen molar-refractivity contribution in [1.82, 2.24) is 5.32 Å². The molecule has 18 heavy (non-hydrogen) atoms. The van der Waals surface area contributed by atoms with Gasteiger partial charge in [-0.15, -0.1) is 0 Å². The van der Waals surface area contributed by atoms with Crippen molar-refractivity contribution in [3.8, 4) is 0 Å². The van der Waals surface area contributed by atoms with Gasteiger partial charge in [-0.1, -0.05) is 6.07 Å². The minimum atomic E-state index is -1.15. The van der Waals surface area contributed by atoms with Crippen LogP contribution >= 0.6 is 0 Å². The van der Waals surface area contributed by atoms with Crippen LogP contribution in [0.1, 0.15) is 21.9 Å². The van der Waals surface area contributed by atoms with Crippen molar-refractivity contribution in [1.29, 1.82) is 0 Å². The minimum Gasteiger partial charge on any atom is -0.465 e. The predicted octanol–water partition coefficient (Wildman–Crippen LogP) is 2.80. The summed E-state index contributed by atoms with van der Waals surface area (Å²) in [6.45, 7) is 1.90. The maximum atomic E-state index is 13.3. The lowest BCUT2D eigenvalue weighted by Gasteiger charge is -2.04. The van der Waals surface area contributed by atoms with Crippen LogP contribution in [0, 0.1) is 18.6 Å². The number of nitrogens with one attached hydrogen (secondary N) is 1. The van der Waals surface area contributed by atoms with Crippen LogP contribution in [0.3, 0.4) is 0 Å². The zero-order valence-electron chi connectivity index (χ0n) is 9.67. The molecule has 1 heterocycles. The van der Waals surface area contributed by atoms with Gasteiger partial charge in [-0.05, 0) is 31.2 Å². The second-order valence-corrected chi connectivity index (χ2v) is 3.80. The number of hydrogen-bond donors (Lipinski definition) is 1. The second-order valence-electron chi connectivity index (χ2n) is 3.80. The van der Waals surface area contributed by atoms with Gasteiger partial charge in [0.25, 0.3) is 5.91 Å². The first-order valence-electron chi connectivity index (χ1n) is 5.35. The molecule has 0 aliphatic heterocycles. The van der Waals surface area contributed by atoms with E-state index in [0.717, 1.165) is 11.8 Å². The van der Waals surface area contributed by atoms with E-state index in [1.54, 1.807) is 19.1 Å². The molecule has 1 aromatic carbocycles. The van der Waals surface area contributed by atoms with E-state index in [0.29, 0.717) is 5.76 Å². The lowest BCUT2D eigenvalue weighted by atomic mass is 10.2. The molecule has 0 saturated carbocycles. The fraction of sp³-hybridized carbons (Fsp3) is 0.154. The standard InChI is InChI=1S/C13H11F2NO2/c1-8-5-6-9(18-8)7-16-13(17)10-3-2-4-11(14)12(10)15/h2-6H,7H2,1H3,(H,16,17). The summed E-state index contributed by atoms with van der Waals surface area (Å²) >= 11 is 0. The summed E-state index contributed by atoms with van der Waals surface area (Å²) < 4.78 is 31.5. The van der Waals surface area contributed by atoms with Gasteiger partial charge >= 0.3 is 0 Å². The molecule has 3 nitrogen and oxygen atoms in total. The highest BCUT2D eigenvalue weighted by Crippen LogP contribution is 2.12. The Balaban J connectivity index is 2.06. The third-order valence-corrected chi connectivity index (χ3v) is 2.42. The molecule has 0 atom stereocenters. The summed E-state index contributed by atoms with van der Waals surface area (Å²) in [5.74, 6) is -1.60. The first kappa shape index (κ1) is 12.3. The Labute approximate surface area is 102 Å². The van der Waals surface area contributed by atoms with Gasteiger partial charge in [0, 0.05) is 0 Å². The fourth-order valence-electron chi connectivity index (χ4n) is 1.52. The molecule has 0 radical (unpaired) electrons. The molecule has 0 unspecified atom stereocenters. The first-order valence-corrected chi connectivity index (χ1v) is 5.35. The van der Waals surface area contributed by atoms with Crippen molar-refractivity contribution in [3.63, 3.8) is 0 Å². The van der Waals surface area contributed by atoms with E-state index >= 15 is 0 Å². The van der Waals surface area contributed by atoms with Gasteiger partial charge in [0.2, 0.25) is 0 Å². The number of amides is 1. The maximum absolute atomic E-state index is 13.3. The van der Waals surface area contributed by atoms with Crippen molar-refractivity contribution in [3.05, 3.63) is 59.1 Å². The Hall–Kier alpha value is -2.17. The Morgan fingerprint density at radius 1 is 1.28 bits per heavy atom. The van der Waals surface area contributed by atoms with Crippen LogP contribution in [0.4, 0.5) is 8.78 Å². The highest BCUT2D eigenvalue weighted by Gasteiger charge is 2.14. The average Bonchev–Trinajstić information content (AvgIpc) is 2.76. The number of rotatable bonds is 3. The smallest absolute Gasteiger partial charge is 0.254 e. The number of benzene rings is 1. The van der Waals surface area contributed by atoms with Crippen molar-refractivity contribution < 1.29 is 18.0 Å². The molecule has 2 aromatic rings. The van der Waals surface area contributed by atoms with Gasteiger partial charge < -0.3 is 9.73 Å². The van der Waals surface area contributed by atoms with Gasteiger partial charge in [0.15, 0.2) is 11.6 Å². The van der Waals surface area contributed by atoms with E-state index in [9.17, 15) is 13.6 Å². The molecule has 0 aliphatic carbocycles. The molecular formula is C13H11F2NO2. The average molecular weight is 251 g/mol. The van der Waals surface area contributed by atoms with Gasteiger partial charge in [-0.2, -0.15) is 0 Å². The van der Waals surface area contributed by atoms with E-state index < -0.39 is 17.5 Å². The third kappa shape index (κ3) is 2.56. The number of carbonyl (C=O) groups excluding carboxylic acids is 1. The van der Waals surface area contributed by atoms with E-state index in [2.05, 4.69) is 5.32 Å². The van der Waals surface area contributed by atoms with Gasteiger partial charge in [-0.25, -0.2) is 8.78 Å². The van der Waals surface area contributed by atoms with Gasteiger partial charge in [0.05, 0.1) is 12.1 Å². The molecule has 5 heteroatoms. The SMILES string of the molecule is Cc1ccc(CNC(=O)c2cccc(F)c2F)o1. The number of aryl methyl sites for hydroxylation is 1. The van der Waals surface area contributed by atoms with Crippen molar-refractivity contribution in [2.75, 3.05) is 0 Å². The normalized spacial score (nSPS) is 10.4. The zero-order valence-corrected chi connectivity index (χ0v) is 9.67. The van der Waals surface area contributed by atoms with Crippen molar-refractivity contribution in [2.45, 2.75) is 13.5 Å². The fourth-order valence-corrected chi connectivity index (χ4v) is 1.52. The van der Waals surface area contributed by atoms with Crippen LogP contribution in [0.2, 0.25) is 0 Å². The molecule has 1 amide bonds. The van der Waals surface area contributed by atoms with E-state index in [1.807, 2.05) is 0 Å². The van der Waals surface area contributed by atoms with Crippen LogP contribution in [-0.2, 0) is 6.54 Å². The summed E-state index contributed by atoms with van der Waals surface area (Å²) in [6.07, 6.45) is 0. The Morgan fingerprint density at radius 3 is 2.72 bits per heavy atom. The van der Waals surface area contributed by atoms with E-state index in [1.165, 1.54) is 12.1 Å². The largest absolute Gasteiger partial charge is 0.465 e. The van der Waals surface area contributed by atoms with Crippen LogP contribution in [-0.4, -0.2) is 5.91 Å². The molecular weight excluding hydrogens is 240 g/mol. The minimum absolute atomic E-state index is 0.128.